The van der Waals surface area contributed by atoms with Crippen LogP contribution in [-0.2, 0) is 0 Å². The van der Waals surface area contributed by atoms with E-state index in [9.17, 15) is 0 Å². The molecule has 1 aromatic heterocycles. The maximum absolute atomic E-state index is 5.20. The summed E-state index contributed by atoms with van der Waals surface area (Å²) in [7, 11) is 3.29. The van der Waals surface area contributed by atoms with Gasteiger partial charge in [-0.25, -0.2) is 4.98 Å². The minimum atomic E-state index is 0.235. The van der Waals surface area contributed by atoms with Gasteiger partial charge in [-0.1, -0.05) is 18.2 Å². The van der Waals surface area contributed by atoms with Gasteiger partial charge in [-0.3, -0.25) is 4.99 Å². The molecule has 0 fully saturated rings. The second-order valence-corrected chi connectivity index (χ2v) is 4.65. The number of ether oxygens (including phenoxy) is 2. The number of benzene rings is 1. The number of aliphatic imine (C=N–C) groups is 1. The molecule has 102 valence electrons. The number of hydrogen-bond acceptors (Lipinski definition) is 4. The number of nitrogens with zero attached hydrogens (tertiary/aromatic N) is 2. The lowest BCUT2D eigenvalue weighted by molar-refractivity contribution is 0.397. The molecule has 1 unspecified atom stereocenters. The molecule has 3 rings (SSSR count). The predicted octanol–water partition coefficient (Wildman–Crippen LogP) is 2.66. The monoisotopic (exact) mass is 268 g/mol. The second-order valence-electron chi connectivity index (χ2n) is 4.65. The Bertz CT molecular complexity index is 635. The van der Waals surface area contributed by atoms with Crippen LogP contribution in [0.25, 0.3) is 0 Å². The summed E-state index contributed by atoms with van der Waals surface area (Å²) in [6.07, 6.45) is 1.82. The van der Waals surface area contributed by atoms with E-state index in [4.69, 9.17) is 9.47 Å². The van der Waals surface area contributed by atoms with Crippen molar-refractivity contribution in [2.75, 3.05) is 20.8 Å². The molecule has 0 N–H and O–H groups in total. The van der Waals surface area contributed by atoms with Crippen molar-refractivity contribution in [2.24, 2.45) is 4.99 Å². The maximum Gasteiger partial charge on any atom is 0.213 e. The van der Waals surface area contributed by atoms with Gasteiger partial charge in [0.1, 0.15) is 5.75 Å². The third-order valence-corrected chi connectivity index (χ3v) is 3.54. The van der Waals surface area contributed by atoms with Crippen molar-refractivity contribution in [1.29, 1.82) is 0 Å². The second kappa shape index (κ2) is 5.33. The molecule has 20 heavy (non-hydrogen) atoms. The van der Waals surface area contributed by atoms with Crippen LogP contribution in [0.5, 0.6) is 11.6 Å². The molecule has 0 amide bonds. The fourth-order valence-corrected chi connectivity index (χ4v) is 2.44. The molecule has 0 aliphatic carbocycles. The molecule has 0 saturated carbocycles. The molecule has 0 spiro atoms. The van der Waals surface area contributed by atoms with Crippen LogP contribution in [0, 0.1) is 0 Å². The van der Waals surface area contributed by atoms with Crippen LogP contribution in [0.3, 0.4) is 0 Å². The summed E-state index contributed by atoms with van der Waals surface area (Å²) in [4.78, 5) is 8.86. The average molecular weight is 268 g/mol. The van der Waals surface area contributed by atoms with Crippen molar-refractivity contribution in [2.45, 2.75) is 5.92 Å². The number of pyridine rings is 1. The highest BCUT2D eigenvalue weighted by Gasteiger charge is 2.21. The zero-order valence-electron chi connectivity index (χ0n) is 11.5. The topological polar surface area (TPSA) is 43.7 Å². The van der Waals surface area contributed by atoms with E-state index >= 15 is 0 Å². The molecule has 1 atom stereocenters. The lowest BCUT2D eigenvalue weighted by Crippen LogP contribution is -2.14. The molecule has 0 radical (unpaired) electrons. The zero-order valence-corrected chi connectivity index (χ0v) is 11.5. The van der Waals surface area contributed by atoms with E-state index in [1.165, 1.54) is 11.1 Å². The van der Waals surface area contributed by atoms with Crippen molar-refractivity contribution in [3.05, 3.63) is 53.2 Å². The van der Waals surface area contributed by atoms with Gasteiger partial charge in [0.05, 0.1) is 19.9 Å². The van der Waals surface area contributed by atoms with Crippen LogP contribution in [-0.4, -0.2) is 32.0 Å². The normalized spacial score (nSPS) is 16.6. The summed E-state index contributed by atoms with van der Waals surface area (Å²) < 4.78 is 10.4. The first-order valence-electron chi connectivity index (χ1n) is 6.50. The van der Waals surface area contributed by atoms with Crippen molar-refractivity contribution < 1.29 is 9.47 Å². The summed E-state index contributed by atoms with van der Waals surface area (Å²) in [6, 6.07) is 12.1. The Labute approximate surface area is 118 Å². The van der Waals surface area contributed by atoms with Crippen LogP contribution in [0.2, 0.25) is 0 Å². The SMILES string of the molecule is COc1ccc(C2CN=Cc3nc(OC)ccc32)cc1. The van der Waals surface area contributed by atoms with Gasteiger partial charge in [0.15, 0.2) is 0 Å². The van der Waals surface area contributed by atoms with Crippen LogP contribution < -0.4 is 9.47 Å². The van der Waals surface area contributed by atoms with E-state index < -0.39 is 0 Å². The Morgan fingerprint density at radius 3 is 2.50 bits per heavy atom. The maximum atomic E-state index is 5.20. The van der Waals surface area contributed by atoms with Crippen molar-refractivity contribution in [3.8, 4) is 11.6 Å². The molecule has 4 heteroatoms. The summed E-state index contributed by atoms with van der Waals surface area (Å²) in [6.45, 7) is 0.743. The Balaban J connectivity index is 1.98. The van der Waals surface area contributed by atoms with Crippen LogP contribution >= 0.6 is 0 Å². The fourth-order valence-electron chi connectivity index (χ4n) is 2.44. The van der Waals surface area contributed by atoms with Crippen LogP contribution in [0.1, 0.15) is 22.7 Å². The smallest absolute Gasteiger partial charge is 0.213 e. The van der Waals surface area contributed by atoms with Gasteiger partial charge in [-0.2, -0.15) is 0 Å². The lowest BCUT2D eigenvalue weighted by Gasteiger charge is -2.21. The first kappa shape index (κ1) is 12.7. The third-order valence-electron chi connectivity index (χ3n) is 3.54. The van der Waals surface area contributed by atoms with E-state index in [-0.39, 0.29) is 5.92 Å². The minimum Gasteiger partial charge on any atom is -0.497 e. The Hall–Kier alpha value is -2.36. The predicted molar refractivity (Wildman–Crippen MR) is 78.1 cm³/mol. The van der Waals surface area contributed by atoms with E-state index in [0.717, 1.165) is 18.0 Å². The fraction of sp³-hybridized carbons (Fsp3) is 0.250. The van der Waals surface area contributed by atoms with E-state index in [2.05, 4.69) is 28.2 Å². The van der Waals surface area contributed by atoms with Gasteiger partial charge in [0, 0.05) is 24.7 Å². The molecule has 0 bridgehead atoms. The summed E-state index contributed by atoms with van der Waals surface area (Å²) in [5.41, 5.74) is 3.29. The van der Waals surface area contributed by atoms with Crippen molar-refractivity contribution >= 4 is 6.21 Å². The number of hydrogen-bond donors (Lipinski definition) is 0. The number of aromatic nitrogens is 1. The van der Waals surface area contributed by atoms with Crippen molar-refractivity contribution in [3.63, 3.8) is 0 Å². The largest absolute Gasteiger partial charge is 0.497 e. The summed E-state index contributed by atoms with van der Waals surface area (Å²) in [5.74, 6) is 1.71. The highest BCUT2D eigenvalue weighted by Crippen LogP contribution is 2.31. The number of methoxy groups -OCH3 is 2. The highest BCUT2D eigenvalue weighted by atomic mass is 16.5. The first-order chi connectivity index (χ1) is 9.81. The molecular weight excluding hydrogens is 252 g/mol. The molecule has 1 aliphatic heterocycles. The van der Waals surface area contributed by atoms with Gasteiger partial charge in [-0.15, -0.1) is 0 Å². The Morgan fingerprint density at radius 2 is 1.80 bits per heavy atom. The molecule has 1 aromatic carbocycles. The van der Waals surface area contributed by atoms with E-state index in [1.807, 2.05) is 24.4 Å². The highest BCUT2D eigenvalue weighted by molar-refractivity contribution is 5.81. The van der Waals surface area contributed by atoms with E-state index in [1.54, 1.807) is 14.2 Å². The first-order valence-corrected chi connectivity index (χ1v) is 6.50. The molecular formula is C16H16N2O2. The average Bonchev–Trinajstić information content (AvgIpc) is 2.54. The van der Waals surface area contributed by atoms with Gasteiger partial charge >= 0.3 is 0 Å². The van der Waals surface area contributed by atoms with Gasteiger partial charge in [-0.05, 0) is 23.3 Å². The van der Waals surface area contributed by atoms with Crippen LogP contribution in [0.4, 0.5) is 0 Å². The van der Waals surface area contributed by atoms with Gasteiger partial charge in [0.25, 0.3) is 0 Å². The third kappa shape index (κ3) is 2.25. The molecule has 2 heterocycles. The summed E-state index contributed by atoms with van der Waals surface area (Å²) >= 11 is 0. The van der Waals surface area contributed by atoms with Crippen molar-refractivity contribution in [1.82, 2.24) is 4.98 Å². The molecule has 2 aromatic rings. The van der Waals surface area contributed by atoms with Gasteiger partial charge < -0.3 is 9.47 Å². The molecule has 0 saturated heterocycles. The lowest BCUT2D eigenvalue weighted by atomic mass is 9.89. The Kier molecular flexibility index (Phi) is 3.37. The van der Waals surface area contributed by atoms with Gasteiger partial charge in [0.2, 0.25) is 5.88 Å². The van der Waals surface area contributed by atoms with Crippen LogP contribution in [0.15, 0.2) is 41.4 Å². The molecule has 4 nitrogen and oxygen atoms in total. The summed E-state index contributed by atoms with van der Waals surface area (Å²) in [5, 5.41) is 0. The quantitative estimate of drug-likeness (QED) is 0.859. The van der Waals surface area contributed by atoms with E-state index in [0.29, 0.717) is 5.88 Å². The molecule has 1 aliphatic rings. The zero-order chi connectivity index (χ0) is 13.9. The Morgan fingerprint density at radius 1 is 1.00 bits per heavy atom. The number of rotatable bonds is 3. The standard InChI is InChI=1S/C16H16N2O2/c1-19-12-5-3-11(4-6-12)14-9-17-10-15-13(14)7-8-16(18-15)20-2/h3-8,10,14H,9H2,1-2H3. The minimum absolute atomic E-state index is 0.235. The number of fused-ring (bicyclic) bond motifs is 1.